The second-order valence-electron chi connectivity index (χ2n) is 4.27. The quantitative estimate of drug-likeness (QED) is 0.253. The molecule has 0 aliphatic carbocycles. The van der Waals surface area contributed by atoms with Crippen LogP contribution in [0.4, 0.5) is 13.2 Å². The van der Waals surface area contributed by atoms with E-state index in [0.717, 1.165) is 24.3 Å². The number of Topliss-reactive ketones (excluding diaryl/α,β-unsaturated/α-hetero) is 2. The zero-order valence-corrected chi connectivity index (χ0v) is 11.9. The van der Waals surface area contributed by atoms with Gasteiger partial charge in [0.15, 0.2) is 6.61 Å². The van der Waals surface area contributed by atoms with Crippen LogP contribution in [0.15, 0.2) is 48.5 Å². The third kappa shape index (κ3) is 5.42. The second kappa shape index (κ2) is 7.92. The summed E-state index contributed by atoms with van der Waals surface area (Å²) < 4.78 is 45.0. The molecule has 0 radical (unpaired) electrons. The molecule has 0 saturated heterocycles. The summed E-state index contributed by atoms with van der Waals surface area (Å²) in [4.78, 5) is 34.4. The summed E-state index contributed by atoms with van der Waals surface area (Å²) in [6.07, 6.45) is -2.63. The van der Waals surface area contributed by atoms with Crippen LogP contribution in [-0.2, 0) is 14.3 Å². The Kier molecular flexibility index (Phi) is 6.25. The summed E-state index contributed by atoms with van der Waals surface area (Å²) in [7, 11) is 0. The first kappa shape index (κ1) is 18.1. The molecule has 5 nitrogen and oxygen atoms in total. The highest BCUT2D eigenvalue weighted by atomic mass is 19.3. The van der Waals surface area contributed by atoms with Gasteiger partial charge in [-0.15, -0.1) is 0 Å². The highest BCUT2D eigenvalue weighted by molar-refractivity contribution is 6.44. The van der Waals surface area contributed by atoms with E-state index >= 15 is 0 Å². The predicted octanol–water partition coefficient (Wildman–Crippen LogP) is 2.97. The molecule has 0 heterocycles. The van der Waals surface area contributed by atoms with Gasteiger partial charge in [-0.3, -0.25) is 9.59 Å². The highest BCUT2D eigenvalue weighted by Gasteiger charge is 2.18. The number of hydrogen-bond donors (Lipinski definition) is 0. The molecule has 0 unspecified atom stereocenters. The molecule has 0 N–H and O–H groups in total. The number of ether oxygens (including phenoxy) is 2. The van der Waals surface area contributed by atoms with Gasteiger partial charge in [-0.2, -0.15) is 13.2 Å². The molecule has 23 heavy (non-hydrogen) atoms. The van der Waals surface area contributed by atoms with E-state index in [9.17, 15) is 27.6 Å². The van der Waals surface area contributed by atoms with E-state index in [2.05, 4.69) is 16.1 Å². The van der Waals surface area contributed by atoms with Crippen LogP contribution in [0.3, 0.4) is 0 Å². The van der Waals surface area contributed by atoms with Crippen LogP contribution in [-0.4, -0.2) is 24.1 Å². The lowest BCUT2D eigenvalue weighted by Crippen LogP contribution is -2.22. The van der Waals surface area contributed by atoms with Crippen molar-refractivity contribution >= 4 is 17.5 Å². The second-order valence-corrected chi connectivity index (χ2v) is 4.27. The maximum absolute atomic E-state index is 12.6. The van der Waals surface area contributed by atoms with Crippen molar-refractivity contribution < 1.29 is 37.0 Å². The van der Waals surface area contributed by atoms with Gasteiger partial charge in [0.2, 0.25) is 11.6 Å². The van der Waals surface area contributed by atoms with Gasteiger partial charge in [-0.25, -0.2) is 4.79 Å². The third-order valence-electron chi connectivity index (χ3n) is 2.41. The van der Waals surface area contributed by atoms with E-state index in [1.165, 1.54) is 6.92 Å². The van der Waals surface area contributed by atoms with Crippen LogP contribution in [0.1, 0.15) is 17.3 Å². The van der Waals surface area contributed by atoms with Crippen molar-refractivity contribution in [1.82, 2.24) is 0 Å². The van der Waals surface area contributed by atoms with Gasteiger partial charge in [-0.1, -0.05) is 6.58 Å². The fourth-order valence-electron chi connectivity index (χ4n) is 1.30. The van der Waals surface area contributed by atoms with Crippen molar-refractivity contribution in [3.63, 3.8) is 0 Å². The van der Waals surface area contributed by atoms with E-state index in [4.69, 9.17) is 0 Å². The number of carbonyl (C=O) groups excluding carboxylic acids is 3. The summed E-state index contributed by atoms with van der Waals surface area (Å²) in [6.45, 7) is 3.93. The minimum Gasteiger partial charge on any atom is -0.454 e. The van der Waals surface area contributed by atoms with Crippen molar-refractivity contribution in [2.24, 2.45) is 0 Å². The third-order valence-corrected chi connectivity index (χ3v) is 2.41. The van der Waals surface area contributed by atoms with Crippen molar-refractivity contribution in [1.29, 1.82) is 0 Å². The Morgan fingerprint density at radius 1 is 1.09 bits per heavy atom. The monoisotopic (exact) mass is 328 g/mol. The predicted molar refractivity (Wildman–Crippen MR) is 72.5 cm³/mol. The number of rotatable bonds is 7. The maximum atomic E-state index is 12.6. The van der Waals surface area contributed by atoms with E-state index in [1.54, 1.807) is 0 Å². The summed E-state index contributed by atoms with van der Waals surface area (Å²) in [6, 6.07) is 2.16. The maximum Gasteiger partial charge on any atom is 0.344 e. The van der Waals surface area contributed by atoms with Crippen molar-refractivity contribution in [2.45, 2.75) is 6.92 Å². The molecule has 0 bridgehead atoms. The zero-order valence-electron chi connectivity index (χ0n) is 11.9. The Balaban J connectivity index is 2.70. The lowest BCUT2D eigenvalue weighted by Gasteiger charge is -2.05. The first-order valence-electron chi connectivity index (χ1n) is 6.11. The molecule has 1 rings (SSSR count). The molecule has 8 heteroatoms. The Hall–Kier alpha value is -2.90. The molecule has 0 aliphatic rings. The van der Waals surface area contributed by atoms with E-state index in [0.29, 0.717) is 0 Å². The summed E-state index contributed by atoms with van der Waals surface area (Å²) in [5.74, 6) is -3.05. The Bertz CT molecular complexity index is 673. The van der Waals surface area contributed by atoms with Crippen LogP contribution >= 0.6 is 0 Å². The fourth-order valence-corrected chi connectivity index (χ4v) is 1.30. The number of halogens is 3. The number of hydrogen-bond acceptors (Lipinski definition) is 5. The molecule has 0 fully saturated rings. The normalized spacial score (nSPS) is 9.74. The van der Waals surface area contributed by atoms with Gasteiger partial charge in [0.05, 0.1) is 0 Å². The van der Waals surface area contributed by atoms with E-state index in [-0.39, 0.29) is 16.9 Å². The smallest absolute Gasteiger partial charge is 0.344 e. The SMILES string of the molecule is C=C(C)C(=O)OCC(=O)C(=O)c1ccc(OC(F)=C(F)F)cc1. The fraction of sp³-hybridized carbons (Fsp3) is 0.133. The first-order valence-corrected chi connectivity index (χ1v) is 6.11. The van der Waals surface area contributed by atoms with E-state index in [1.807, 2.05) is 0 Å². The molecular weight excluding hydrogens is 317 g/mol. The molecule has 1 aromatic carbocycles. The molecule has 0 atom stereocenters. The number of benzene rings is 1. The average molecular weight is 328 g/mol. The zero-order chi connectivity index (χ0) is 17.6. The van der Waals surface area contributed by atoms with Crippen LogP contribution in [0.2, 0.25) is 0 Å². The van der Waals surface area contributed by atoms with Gasteiger partial charge in [0, 0.05) is 11.1 Å². The number of carbonyl (C=O) groups is 3. The molecule has 0 amide bonds. The van der Waals surface area contributed by atoms with Crippen LogP contribution < -0.4 is 4.74 Å². The van der Waals surface area contributed by atoms with Gasteiger partial charge in [0.1, 0.15) is 5.75 Å². The minimum absolute atomic E-state index is 0.0712. The minimum atomic E-state index is -2.63. The van der Waals surface area contributed by atoms with Gasteiger partial charge in [-0.05, 0) is 31.2 Å². The van der Waals surface area contributed by atoms with Gasteiger partial charge < -0.3 is 9.47 Å². The summed E-state index contributed by atoms with van der Waals surface area (Å²) in [5, 5.41) is 0. The first-order chi connectivity index (χ1) is 10.7. The molecule has 122 valence electrons. The van der Waals surface area contributed by atoms with Crippen LogP contribution in [0, 0.1) is 0 Å². The van der Waals surface area contributed by atoms with Crippen LogP contribution in [0.5, 0.6) is 5.75 Å². The topological polar surface area (TPSA) is 69.7 Å². The molecule has 1 aromatic rings. The molecule has 0 spiro atoms. The largest absolute Gasteiger partial charge is 0.454 e. The molecule has 0 aromatic heterocycles. The standard InChI is InChI=1S/C15H11F3O5/c1-8(2)15(21)22-7-11(19)12(20)9-3-5-10(6-4-9)23-14(18)13(16)17/h3-6H,1,7H2,2H3. The van der Waals surface area contributed by atoms with Crippen molar-refractivity contribution in [3.05, 3.63) is 54.1 Å². The number of ketones is 2. The van der Waals surface area contributed by atoms with Gasteiger partial charge in [0.25, 0.3) is 0 Å². The Morgan fingerprint density at radius 3 is 2.13 bits per heavy atom. The Morgan fingerprint density at radius 2 is 1.65 bits per heavy atom. The number of esters is 1. The van der Waals surface area contributed by atoms with Crippen LogP contribution in [0.25, 0.3) is 0 Å². The van der Waals surface area contributed by atoms with Crippen molar-refractivity contribution in [2.75, 3.05) is 6.61 Å². The lowest BCUT2D eigenvalue weighted by atomic mass is 10.1. The average Bonchev–Trinajstić information content (AvgIpc) is 2.51. The molecule has 0 saturated carbocycles. The summed E-state index contributed by atoms with van der Waals surface area (Å²) in [5.41, 5.74) is -0.0271. The highest BCUT2D eigenvalue weighted by Crippen LogP contribution is 2.19. The summed E-state index contributed by atoms with van der Waals surface area (Å²) >= 11 is 0. The lowest BCUT2D eigenvalue weighted by molar-refractivity contribution is -0.142. The Labute approximate surface area is 129 Å². The molecular formula is C15H11F3O5. The van der Waals surface area contributed by atoms with Crippen molar-refractivity contribution in [3.8, 4) is 5.75 Å². The van der Waals surface area contributed by atoms with E-state index < -0.39 is 36.2 Å². The van der Waals surface area contributed by atoms with Gasteiger partial charge >= 0.3 is 18.1 Å². The molecule has 0 aliphatic heterocycles.